The van der Waals surface area contributed by atoms with Crippen LogP contribution in [-0.2, 0) is 14.3 Å². The molecule has 3 unspecified atom stereocenters. The molecule has 238 valence electrons. The van der Waals surface area contributed by atoms with E-state index in [-0.39, 0.29) is 23.8 Å². The van der Waals surface area contributed by atoms with Crippen molar-refractivity contribution < 1.29 is 23.9 Å². The first kappa shape index (κ1) is 35.6. The number of rotatable bonds is 13. The van der Waals surface area contributed by atoms with Gasteiger partial charge in [0.2, 0.25) is 5.91 Å². The highest BCUT2D eigenvalue weighted by atomic mass is 16.6. The predicted octanol–water partition coefficient (Wildman–Crippen LogP) is 7.58. The molecule has 0 aliphatic carbocycles. The van der Waals surface area contributed by atoms with Crippen LogP contribution in [0.5, 0.6) is 5.75 Å². The Bertz CT molecular complexity index is 1200. The van der Waals surface area contributed by atoms with Crippen molar-refractivity contribution in [2.75, 3.05) is 12.4 Å². The van der Waals surface area contributed by atoms with E-state index in [1.54, 1.807) is 57.0 Å². The number of methoxy groups -OCH3 is 1. The molecule has 0 aliphatic rings. The Hall–Kier alpha value is -3.55. The van der Waals surface area contributed by atoms with Gasteiger partial charge in [-0.1, -0.05) is 57.0 Å². The molecule has 0 aromatic heterocycles. The average molecular weight is 596 g/mol. The van der Waals surface area contributed by atoms with Crippen LogP contribution in [-0.4, -0.2) is 47.6 Å². The molecule has 8 heteroatoms. The van der Waals surface area contributed by atoms with E-state index in [1.807, 2.05) is 52.8 Å². The lowest BCUT2D eigenvalue weighted by molar-refractivity contribution is -0.144. The van der Waals surface area contributed by atoms with Gasteiger partial charge in [-0.05, 0) is 102 Å². The summed E-state index contributed by atoms with van der Waals surface area (Å²) in [6.45, 7) is 19.6. The number of benzene rings is 2. The first-order chi connectivity index (χ1) is 20.0. The molecule has 0 fully saturated rings. The van der Waals surface area contributed by atoms with E-state index in [2.05, 4.69) is 24.5 Å². The van der Waals surface area contributed by atoms with E-state index in [9.17, 15) is 14.4 Å². The number of anilines is 1. The summed E-state index contributed by atoms with van der Waals surface area (Å²) >= 11 is 0. The van der Waals surface area contributed by atoms with E-state index in [1.165, 1.54) is 0 Å². The lowest BCUT2D eigenvalue weighted by Gasteiger charge is -2.39. The number of nitrogens with zero attached hydrogens (tertiary/aromatic N) is 1. The maximum Gasteiger partial charge on any atom is 0.408 e. The van der Waals surface area contributed by atoms with E-state index in [0.29, 0.717) is 35.8 Å². The maximum atomic E-state index is 14.7. The number of carbonyl (C=O) groups excluding carboxylic acids is 3. The molecule has 3 amide bonds. The number of carbonyl (C=O) groups is 3. The molecular formula is C35H53N3O5. The van der Waals surface area contributed by atoms with Gasteiger partial charge < -0.3 is 25.0 Å². The van der Waals surface area contributed by atoms with Gasteiger partial charge >= 0.3 is 6.09 Å². The van der Waals surface area contributed by atoms with Crippen molar-refractivity contribution in [2.24, 2.45) is 11.8 Å². The molecule has 8 nitrogen and oxygen atoms in total. The number of aryl methyl sites for hydroxylation is 2. The van der Waals surface area contributed by atoms with Crippen LogP contribution in [0.1, 0.15) is 97.4 Å². The third-order valence-corrected chi connectivity index (χ3v) is 7.03. The van der Waals surface area contributed by atoms with Gasteiger partial charge in [0.15, 0.2) is 0 Å². The van der Waals surface area contributed by atoms with Crippen molar-refractivity contribution in [1.29, 1.82) is 0 Å². The number of alkyl carbamates (subject to hydrolysis) is 1. The van der Waals surface area contributed by atoms with Crippen molar-refractivity contribution in [3.05, 3.63) is 59.2 Å². The lowest BCUT2D eigenvalue weighted by Crippen LogP contribution is -2.55. The van der Waals surface area contributed by atoms with Gasteiger partial charge in [0.05, 0.1) is 7.11 Å². The molecule has 0 saturated carbocycles. The average Bonchev–Trinajstić information content (AvgIpc) is 2.87. The Kier molecular flexibility index (Phi) is 13.1. The highest BCUT2D eigenvalue weighted by molar-refractivity contribution is 5.99. The van der Waals surface area contributed by atoms with Crippen LogP contribution >= 0.6 is 0 Å². The summed E-state index contributed by atoms with van der Waals surface area (Å²) in [5, 5.41) is 5.87. The van der Waals surface area contributed by atoms with Crippen LogP contribution in [0, 0.1) is 25.7 Å². The zero-order chi connectivity index (χ0) is 32.5. The standard InChI is InChI=1S/C35H53N3O5/c1-22(2)12-13-26(7)38(33(40)30(18-23(3)4)37-34(41)43-35(8,9)10)31(27-20-24(5)19-25(6)21-27)32(39)36-28-14-16-29(42-11)17-15-28/h14-17,19-23,26,30-31H,12-13,18H2,1-11H3,(H,36,39)(H,37,41). The highest BCUT2D eigenvalue weighted by Gasteiger charge is 2.39. The summed E-state index contributed by atoms with van der Waals surface area (Å²) in [6, 6.07) is 10.9. The van der Waals surface area contributed by atoms with E-state index >= 15 is 0 Å². The van der Waals surface area contributed by atoms with Crippen molar-refractivity contribution in [2.45, 2.75) is 112 Å². The van der Waals surface area contributed by atoms with E-state index < -0.39 is 23.8 Å². The van der Waals surface area contributed by atoms with Crippen LogP contribution in [0.4, 0.5) is 10.5 Å². The van der Waals surface area contributed by atoms with Crippen LogP contribution in [0.2, 0.25) is 0 Å². The zero-order valence-electron chi connectivity index (χ0n) is 28.0. The summed E-state index contributed by atoms with van der Waals surface area (Å²) in [5.41, 5.74) is 2.57. The monoisotopic (exact) mass is 595 g/mol. The van der Waals surface area contributed by atoms with Crippen LogP contribution < -0.4 is 15.4 Å². The summed E-state index contributed by atoms with van der Waals surface area (Å²) in [5.74, 6) is 0.543. The molecule has 3 atom stereocenters. The molecule has 0 radical (unpaired) electrons. The minimum absolute atomic E-state index is 0.101. The van der Waals surface area contributed by atoms with E-state index in [4.69, 9.17) is 9.47 Å². The predicted molar refractivity (Wildman–Crippen MR) is 173 cm³/mol. The Labute approximate surface area is 258 Å². The first-order valence-electron chi connectivity index (χ1n) is 15.4. The number of hydrogen-bond acceptors (Lipinski definition) is 5. The number of amides is 3. The fourth-order valence-corrected chi connectivity index (χ4v) is 5.13. The summed E-state index contributed by atoms with van der Waals surface area (Å²) < 4.78 is 10.8. The van der Waals surface area contributed by atoms with Crippen LogP contribution in [0.15, 0.2) is 42.5 Å². The summed E-state index contributed by atoms with van der Waals surface area (Å²) in [4.78, 5) is 43.5. The van der Waals surface area contributed by atoms with Crippen molar-refractivity contribution >= 4 is 23.6 Å². The summed E-state index contributed by atoms with van der Waals surface area (Å²) in [7, 11) is 1.59. The fraction of sp³-hybridized carbons (Fsp3) is 0.571. The second kappa shape index (κ2) is 15.8. The topological polar surface area (TPSA) is 97.0 Å². The summed E-state index contributed by atoms with van der Waals surface area (Å²) in [6.07, 6.45) is 1.30. The van der Waals surface area contributed by atoms with Crippen molar-refractivity contribution in [3.8, 4) is 5.75 Å². The normalized spacial score (nSPS) is 13.7. The SMILES string of the molecule is COc1ccc(NC(=O)C(c2cc(C)cc(C)c2)N(C(=O)C(CC(C)C)NC(=O)OC(C)(C)C)C(C)CCC(C)C)cc1. The molecule has 43 heavy (non-hydrogen) atoms. The maximum absolute atomic E-state index is 14.7. The number of hydrogen-bond donors (Lipinski definition) is 2. The van der Waals surface area contributed by atoms with Gasteiger partial charge in [0.1, 0.15) is 23.4 Å². The van der Waals surface area contributed by atoms with Gasteiger partial charge in [-0.3, -0.25) is 9.59 Å². The highest BCUT2D eigenvalue weighted by Crippen LogP contribution is 2.31. The Balaban J connectivity index is 2.67. The molecule has 2 N–H and O–H groups in total. The van der Waals surface area contributed by atoms with Crippen LogP contribution in [0.25, 0.3) is 0 Å². The quantitative estimate of drug-likeness (QED) is 0.249. The van der Waals surface area contributed by atoms with Gasteiger partial charge in [-0.15, -0.1) is 0 Å². The molecule has 0 spiro atoms. The number of nitrogens with one attached hydrogen (secondary N) is 2. The van der Waals surface area contributed by atoms with Gasteiger partial charge in [-0.2, -0.15) is 0 Å². The first-order valence-corrected chi connectivity index (χ1v) is 15.4. The van der Waals surface area contributed by atoms with E-state index in [0.717, 1.165) is 17.5 Å². The Morgan fingerprint density at radius 2 is 1.44 bits per heavy atom. The Morgan fingerprint density at radius 3 is 1.93 bits per heavy atom. The second-order valence-corrected chi connectivity index (χ2v) is 13.4. The van der Waals surface area contributed by atoms with Crippen molar-refractivity contribution in [1.82, 2.24) is 10.2 Å². The van der Waals surface area contributed by atoms with Gasteiger partial charge in [0.25, 0.3) is 5.91 Å². The largest absolute Gasteiger partial charge is 0.497 e. The molecule has 0 heterocycles. The molecule has 2 aromatic carbocycles. The fourth-order valence-electron chi connectivity index (χ4n) is 5.13. The number of ether oxygens (including phenoxy) is 2. The third kappa shape index (κ3) is 11.6. The van der Waals surface area contributed by atoms with Crippen molar-refractivity contribution in [3.63, 3.8) is 0 Å². The molecule has 0 saturated heterocycles. The lowest BCUT2D eigenvalue weighted by atomic mass is 9.94. The molecule has 2 aromatic rings. The molecule has 2 rings (SSSR count). The zero-order valence-corrected chi connectivity index (χ0v) is 28.0. The molecule has 0 aliphatic heterocycles. The Morgan fingerprint density at radius 1 is 0.860 bits per heavy atom. The van der Waals surface area contributed by atoms with Crippen LogP contribution in [0.3, 0.4) is 0 Å². The second-order valence-electron chi connectivity index (χ2n) is 13.4. The molecule has 0 bridgehead atoms. The smallest absolute Gasteiger partial charge is 0.408 e. The van der Waals surface area contributed by atoms with Gasteiger partial charge in [0, 0.05) is 11.7 Å². The minimum atomic E-state index is -0.939. The minimum Gasteiger partial charge on any atom is -0.497 e. The molecular weight excluding hydrogens is 542 g/mol. The third-order valence-electron chi connectivity index (χ3n) is 7.03. The van der Waals surface area contributed by atoms with Gasteiger partial charge in [-0.25, -0.2) is 4.79 Å².